The highest BCUT2D eigenvalue weighted by Gasteiger charge is 2.18. The molecule has 2 aromatic carbocycles. The summed E-state index contributed by atoms with van der Waals surface area (Å²) >= 11 is 6.12. The van der Waals surface area contributed by atoms with Crippen molar-refractivity contribution < 1.29 is 13.9 Å². The third kappa shape index (κ3) is 3.17. The summed E-state index contributed by atoms with van der Waals surface area (Å²) in [5.74, 6) is 0.922. The lowest BCUT2D eigenvalue weighted by molar-refractivity contribution is 0.356. The predicted molar refractivity (Wildman–Crippen MR) is 95.3 cm³/mol. The van der Waals surface area contributed by atoms with Gasteiger partial charge in [0.05, 0.1) is 12.5 Å². The quantitative estimate of drug-likeness (QED) is 0.696. The summed E-state index contributed by atoms with van der Waals surface area (Å²) in [6.45, 7) is 1.56. The molecule has 3 aromatic rings. The molecule has 0 aliphatic carbocycles. The van der Waals surface area contributed by atoms with E-state index in [0.29, 0.717) is 27.3 Å². The second-order valence-corrected chi connectivity index (χ2v) is 5.77. The molecule has 0 amide bonds. The van der Waals surface area contributed by atoms with Gasteiger partial charge in [-0.15, -0.1) is 0 Å². The van der Waals surface area contributed by atoms with Gasteiger partial charge in [-0.05, 0) is 48.9 Å². The maximum atomic E-state index is 12.8. The van der Waals surface area contributed by atoms with Crippen LogP contribution in [0.4, 0.5) is 0 Å². The molecule has 25 heavy (non-hydrogen) atoms. The average molecular weight is 356 g/mol. The lowest BCUT2D eigenvalue weighted by Crippen LogP contribution is -2.10. The van der Waals surface area contributed by atoms with E-state index in [1.54, 1.807) is 43.5 Å². The van der Waals surface area contributed by atoms with Crippen LogP contribution in [-0.4, -0.2) is 13.7 Å². The molecule has 1 aromatic heterocycles. The van der Waals surface area contributed by atoms with Gasteiger partial charge in [0, 0.05) is 10.6 Å². The highest BCUT2D eigenvalue weighted by Crippen LogP contribution is 2.33. The molecule has 0 bridgehead atoms. The lowest BCUT2D eigenvalue weighted by atomic mass is 10.1. The molecule has 0 aliphatic heterocycles. The van der Waals surface area contributed by atoms with Crippen molar-refractivity contribution in [2.24, 2.45) is 0 Å². The number of fused-ring (bicyclic) bond motifs is 1. The van der Waals surface area contributed by atoms with Gasteiger partial charge in [0.1, 0.15) is 17.4 Å². The van der Waals surface area contributed by atoms with Gasteiger partial charge < -0.3 is 13.9 Å². The summed E-state index contributed by atoms with van der Waals surface area (Å²) in [6.07, 6.45) is 0. The number of methoxy groups -OCH3 is 1. The van der Waals surface area contributed by atoms with Crippen LogP contribution in [0.15, 0.2) is 45.6 Å². The number of hydrogen-bond acceptors (Lipinski definition) is 5. The van der Waals surface area contributed by atoms with Gasteiger partial charge in [-0.3, -0.25) is 4.79 Å². The molecule has 1 heterocycles. The number of nitrogens with zero attached hydrogens (tertiary/aromatic N) is 1. The third-order valence-electron chi connectivity index (χ3n) is 3.76. The smallest absolute Gasteiger partial charge is 0.235 e. The van der Waals surface area contributed by atoms with Gasteiger partial charge in [-0.1, -0.05) is 11.6 Å². The summed E-state index contributed by atoms with van der Waals surface area (Å²) < 4.78 is 16.4. The van der Waals surface area contributed by atoms with Crippen LogP contribution in [0.1, 0.15) is 5.56 Å². The van der Waals surface area contributed by atoms with Crippen LogP contribution in [0, 0.1) is 18.3 Å². The molecule has 126 valence electrons. The second kappa shape index (κ2) is 6.88. The molecule has 6 heteroatoms. The average Bonchev–Trinajstić information content (AvgIpc) is 2.62. The Morgan fingerprint density at radius 3 is 2.60 bits per heavy atom. The number of hydrogen-bond donors (Lipinski definition) is 0. The minimum Gasteiger partial charge on any atom is -0.497 e. The van der Waals surface area contributed by atoms with E-state index >= 15 is 0 Å². The molecule has 0 fully saturated rings. The lowest BCUT2D eigenvalue weighted by Gasteiger charge is -2.11. The first kappa shape index (κ1) is 16.9. The van der Waals surface area contributed by atoms with Crippen molar-refractivity contribution in [2.45, 2.75) is 6.92 Å². The van der Waals surface area contributed by atoms with Crippen LogP contribution in [0.3, 0.4) is 0 Å². The Kier molecular flexibility index (Phi) is 4.64. The molecule has 0 aliphatic rings. The fourth-order valence-corrected chi connectivity index (χ4v) is 2.63. The highest BCUT2D eigenvalue weighted by molar-refractivity contribution is 6.32. The van der Waals surface area contributed by atoms with Crippen molar-refractivity contribution in [3.05, 3.63) is 57.2 Å². The van der Waals surface area contributed by atoms with Crippen molar-refractivity contribution in [3.63, 3.8) is 0 Å². The largest absolute Gasteiger partial charge is 0.497 e. The van der Waals surface area contributed by atoms with E-state index < -0.39 is 0 Å². The van der Waals surface area contributed by atoms with Crippen molar-refractivity contribution in [1.29, 1.82) is 5.26 Å². The van der Waals surface area contributed by atoms with E-state index in [4.69, 9.17) is 30.8 Å². The summed E-state index contributed by atoms with van der Waals surface area (Å²) in [5, 5.41) is 9.56. The Labute approximate surface area is 149 Å². The number of benzene rings is 2. The zero-order chi connectivity index (χ0) is 18.0. The summed E-state index contributed by atoms with van der Waals surface area (Å²) in [5.41, 5.74) is 1.47. The van der Waals surface area contributed by atoms with E-state index in [0.717, 1.165) is 5.56 Å². The normalized spacial score (nSPS) is 10.5. The van der Waals surface area contributed by atoms with Gasteiger partial charge in [0.25, 0.3) is 0 Å². The van der Waals surface area contributed by atoms with Gasteiger partial charge in [-0.2, -0.15) is 5.26 Å². The Bertz CT molecular complexity index is 1030. The van der Waals surface area contributed by atoms with Crippen LogP contribution in [0.2, 0.25) is 5.02 Å². The van der Waals surface area contributed by atoms with Crippen molar-refractivity contribution in [2.75, 3.05) is 13.7 Å². The minimum absolute atomic E-state index is 0.0147. The zero-order valence-electron chi connectivity index (χ0n) is 13.6. The van der Waals surface area contributed by atoms with Crippen LogP contribution in [0.25, 0.3) is 22.3 Å². The Hall–Kier alpha value is -2.97. The summed E-state index contributed by atoms with van der Waals surface area (Å²) in [4.78, 5) is 12.8. The van der Waals surface area contributed by atoms with Crippen LogP contribution >= 0.6 is 11.6 Å². The second-order valence-electron chi connectivity index (χ2n) is 5.36. The van der Waals surface area contributed by atoms with Crippen molar-refractivity contribution in [3.8, 4) is 28.9 Å². The number of halogens is 1. The Morgan fingerprint density at radius 1 is 1.24 bits per heavy atom. The maximum absolute atomic E-state index is 12.8. The number of aryl methyl sites for hydroxylation is 1. The fourth-order valence-electron chi connectivity index (χ4n) is 2.47. The molecular formula is C19H14ClNO4. The molecular weight excluding hydrogens is 342 g/mol. The standard InChI is InChI=1S/C19H14ClNO4/c1-11-9-16-14(10-15(11)20)17(22)19(24-8-7-21)18(25-16)12-3-5-13(23-2)6-4-12/h3-6,9-10H,8H2,1-2H3. The maximum Gasteiger partial charge on any atom is 0.235 e. The van der Waals surface area contributed by atoms with E-state index in [1.165, 1.54) is 0 Å². The van der Waals surface area contributed by atoms with Crippen LogP contribution < -0.4 is 14.9 Å². The molecule has 0 N–H and O–H groups in total. The van der Waals surface area contributed by atoms with Gasteiger partial charge in [-0.25, -0.2) is 0 Å². The number of nitriles is 1. The molecule has 3 rings (SSSR count). The topological polar surface area (TPSA) is 72.5 Å². The molecule has 0 saturated heterocycles. The summed E-state index contributed by atoms with van der Waals surface area (Å²) in [6, 6.07) is 12.1. The zero-order valence-corrected chi connectivity index (χ0v) is 14.4. The predicted octanol–water partition coefficient (Wildman–Crippen LogP) is 4.33. The molecule has 0 radical (unpaired) electrons. The van der Waals surface area contributed by atoms with E-state index in [2.05, 4.69) is 0 Å². The van der Waals surface area contributed by atoms with Crippen molar-refractivity contribution >= 4 is 22.6 Å². The summed E-state index contributed by atoms with van der Waals surface area (Å²) in [7, 11) is 1.57. The van der Waals surface area contributed by atoms with Crippen molar-refractivity contribution in [1.82, 2.24) is 0 Å². The number of ether oxygens (including phenoxy) is 2. The first-order valence-corrected chi connectivity index (χ1v) is 7.84. The van der Waals surface area contributed by atoms with E-state index in [-0.39, 0.29) is 23.5 Å². The molecule has 0 spiro atoms. The fraction of sp³-hybridized carbons (Fsp3) is 0.158. The molecule has 5 nitrogen and oxygen atoms in total. The van der Waals surface area contributed by atoms with Gasteiger partial charge >= 0.3 is 0 Å². The molecule has 0 saturated carbocycles. The van der Waals surface area contributed by atoms with E-state index in [1.807, 2.05) is 13.0 Å². The van der Waals surface area contributed by atoms with E-state index in [9.17, 15) is 4.79 Å². The SMILES string of the molecule is COc1ccc(-c2oc3cc(C)c(Cl)cc3c(=O)c2OCC#N)cc1. The first-order valence-electron chi connectivity index (χ1n) is 7.46. The Balaban J connectivity index is 2.29. The first-order chi connectivity index (χ1) is 12.0. The van der Waals surface area contributed by atoms with Crippen LogP contribution in [0.5, 0.6) is 11.5 Å². The van der Waals surface area contributed by atoms with Crippen LogP contribution in [-0.2, 0) is 0 Å². The highest BCUT2D eigenvalue weighted by atomic mass is 35.5. The monoisotopic (exact) mass is 355 g/mol. The molecule has 0 unspecified atom stereocenters. The molecule has 0 atom stereocenters. The van der Waals surface area contributed by atoms with Gasteiger partial charge in [0.15, 0.2) is 12.4 Å². The number of rotatable bonds is 4. The minimum atomic E-state index is -0.371. The third-order valence-corrected chi connectivity index (χ3v) is 4.17. The Morgan fingerprint density at radius 2 is 1.96 bits per heavy atom. The van der Waals surface area contributed by atoms with Gasteiger partial charge in [0.2, 0.25) is 11.2 Å².